The van der Waals surface area contributed by atoms with Gasteiger partial charge in [0.2, 0.25) is 0 Å². The van der Waals surface area contributed by atoms with Crippen LogP contribution in [0.3, 0.4) is 0 Å². The third-order valence-corrected chi connectivity index (χ3v) is 6.94. The lowest BCUT2D eigenvalue weighted by Crippen LogP contribution is -2.43. The minimum Gasteiger partial charge on any atom is -0.497 e. The van der Waals surface area contributed by atoms with E-state index >= 15 is 0 Å². The van der Waals surface area contributed by atoms with E-state index in [4.69, 9.17) is 14.2 Å². The SMILES string of the molecule is CCCCNCC(O)COc1ccc(C2c3ccc(OC)cc3OC(C)(C)C2c2ccccc2)cc1. The second-order valence-corrected chi connectivity index (χ2v) is 10.1. The summed E-state index contributed by atoms with van der Waals surface area (Å²) in [7, 11) is 1.68. The van der Waals surface area contributed by atoms with Crippen molar-refractivity contribution >= 4 is 0 Å². The molecule has 0 aliphatic carbocycles. The highest BCUT2D eigenvalue weighted by molar-refractivity contribution is 5.52. The van der Waals surface area contributed by atoms with Crippen LogP contribution in [0.4, 0.5) is 0 Å². The predicted molar refractivity (Wildman–Crippen MR) is 144 cm³/mol. The molecule has 2 N–H and O–H groups in total. The van der Waals surface area contributed by atoms with E-state index in [1.165, 1.54) is 11.1 Å². The van der Waals surface area contributed by atoms with Crippen LogP contribution in [0.2, 0.25) is 0 Å². The number of ether oxygens (including phenoxy) is 3. The van der Waals surface area contributed by atoms with Crippen LogP contribution in [-0.4, -0.2) is 43.6 Å². The second kappa shape index (κ2) is 11.8. The van der Waals surface area contributed by atoms with Crippen molar-refractivity contribution in [2.75, 3.05) is 26.8 Å². The standard InChI is InChI=1S/C31H39NO4/c1-5-6-18-32-20-24(33)21-35-25-14-12-22(13-15-25)29-27-17-16-26(34-4)19-28(27)36-31(2,3)30(29)23-10-8-7-9-11-23/h7-17,19,24,29-30,32-33H,5-6,18,20-21H2,1-4H3. The Labute approximate surface area is 215 Å². The fourth-order valence-corrected chi connectivity index (χ4v) is 5.13. The lowest BCUT2D eigenvalue weighted by atomic mass is 9.68. The highest BCUT2D eigenvalue weighted by atomic mass is 16.5. The molecule has 3 atom stereocenters. The van der Waals surface area contributed by atoms with Gasteiger partial charge in [0.1, 0.15) is 35.6 Å². The maximum absolute atomic E-state index is 10.2. The fourth-order valence-electron chi connectivity index (χ4n) is 5.13. The molecule has 1 aliphatic rings. The van der Waals surface area contributed by atoms with Crippen LogP contribution in [-0.2, 0) is 0 Å². The van der Waals surface area contributed by atoms with Crippen molar-refractivity contribution in [1.29, 1.82) is 0 Å². The number of hydrogen-bond donors (Lipinski definition) is 2. The normalized spacial score (nSPS) is 19.1. The third-order valence-electron chi connectivity index (χ3n) is 6.94. The summed E-state index contributed by atoms with van der Waals surface area (Å²) in [6.07, 6.45) is 1.71. The van der Waals surface area contributed by atoms with Gasteiger partial charge in [0.05, 0.1) is 7.11 Å². The Morgan fingerprint density at radius 1 is 0.972 bits per heavy atom. The molecule has 4 rings (SSSR count). The van der Waals surface area contributed by atoms with Crippen molar-refractivity contribution in [3.63, 3.8) is 0 Å². The van der Waals surface area contributed by atoms with E-state index in [9.17, 15) is 5.11 Å². The molecule has 3 aromatic rings. The summed E-state index contributed by atoms with van der Waals surface area (Å²) in [4.78, 5) is 0. The zero-order valence-corrected chi connectivity index (χ0v) is 21.9. The van der Waals surface area contributed by atoms with Crippen molar-refractivity contribution in [2.45, 2.75) is 57.2 Å². The molecular formula is C31H39NO4. The Morgan fingerprint density at radius 2 is 1.69 bits per heavy atom. The Kier molecular flexibility index (Phi) is 8.55. The van der Waals surface area contributed by atoms with Gasteiger partial charge in [-0.1, -0.05) is 61.9 Å². The number of nitrogens with one attached hydrogen (secondary N) is 1. The van der Waals surface area contributed by atoms with Gasteiger partial charge in [0.15, 0.2) is 0 Å². The van der Waals surface area contributed by atoms with Gasteiger partial charge in [-0.25, -0.2) is 0 Å². The number of fused-ring (bicyclic) bond motifs is 1. The van der Waals surface area contributed by atoms with Crippen LogP contribution in [0.25, 0.3) is 0 Å². The summed E-state index contributed by atoms with van der Waals surface area (Å²) in [6.45, 7) is 8.19. The van der Waals surface area contributed by atoms with Crippen molar-refractivity contribution in [3.8, 4) is 17.2 Å². The van der Waals surface area contributed by atoms with Crippen LogP contribution in [0.1, 0.15) is 62.1 Å². The first-order valence-corrected chi connectivity index (χ1v) is 13.0. The maximum atomic E-state index is 10.2. The van der Waals surface area contributed by atoms with Gasteiger partial charge in [0.25, 0.3) is 0 Å². The van der Waals surface area contributed by atoms with Gasteiger partial charge in [-0.15, -0.1) is 0 Å². The molecule has 0 radical (unpaired) electrons. The highest BCUT2D eigenvalue weighted by Gasteiger charge is 2.45. The first-order valence-electron chi connectivity index (χ1n) is 13.0. The molecule has 3 unspecified atom stereocenters. The number of benzene rings is 3. The molecule has 1 heterocycles. The lowest BCUT2D eigenvalue weighted by Gasteiger charge is -2.45. The summed E-state index contributed by atoms with van der Waals surface area (Å²) in [6, 6.07) is 25.0. The summed E-state index contributed by atoms with van der Waals surface area (Å²) in [5.41, 5.74) is 3.15. The van der Waals surface area contributed by atoms with Crippen LogP contribution in [0.5, 0.6) is 17.2 Å². The van der Waals surface area contributed by atoms with E-state index in [1.54, 1.807) is 7.11 Å². The van der Waals surface area contributed by atoms with E-state index in [0.717, 1.165) is 42.2 Å². The fraction of sp³-hybridized carbons (Fsp3) is 0.419. The highest BCUT2D eigenvalue weighted by Crippen LogP contribution is 2.53. The average Bonchev–Trinajstić information content (AvgIpc) is 2.89. The van der Waals surface area contributed by atoms with Crippen LogP contribution in [0.15, 0.2) is 72.8 Å². The molecule has 0 fully saturated rings. The van der Waals surface area contributed by atoms with Crippen molar-refractivity contribution in [3.05, 3.63) is 89.5 Å². The van der Waals surface area contributed by atoms with E-state index < -0.39 is 11.7 Å². The van der Waals surface area contributed by atoms with Gasteiger partial charge in [-0.05, 0) is 56.1 Å². The molecule has 5 heteroatoms. The van der Waals surface area contributed by atoms with E-state index in [-0.39, 0.29) is 18.4 Å². The van der Waals surface area contributed by atoms with Crippen LogP contribution >= 0.6 is 0 Å². The average molecular weight is 490 g/mol. The third kappa shape index (κ3) is 6.03. The first-order chi connectivity index (χ1) is 17.4. The summed E-state index contributed by atoms with van der Waals surface area (Å²) in [5.74, 6) is 2.61. The zero-order valence-electron chi connectivity index (χ0n) is 21.9. The van der Waals surface area contributed by atoms with Gasteiger partial charge < -0.3 is 24.6 Å². The molecule has 0 aromatic heterocycles. The Morgan fingerprint density at radius 3 is 2.39 bits per heavy atom. The molecule has 1 aliphatic heterocycles. The molecule has 3 aromatic carbocycles. The predicted octanol–water partition coefficient (Wildman–Crippen LogP) is 5.91. The molecule has 5 nitrogen and oxygen atoms in total. The Balaban J connectivity index is 1.59. The molecule has 0 bridgehead atoms. The number of methoxy groups -OCH3 is 1. The topological polar surface area (TPSA) is 60.0 Å². The molecule has 0 amide bonds. The van der Waals surface area contributed by atoms with Crippen molar-refractivity contribution in [1.82, 2.24) is 5.32 Å². The number of aliphatic hydroxyl groups is 1. The minimum atomic E-state index is -0.540. The number of aliphatic hydroxyl groups excluding tert-OH is 1. The first kappa shape index (κ1) is 26.1. The molecule has 0 spiro atoms. The molecule has 36 heavy (non-hydrogen) atoms. The van der Waals surface area contributed by atoms with E-state index in [2.05, 4.69) is 68.6 Å². The van der Waals surface area contributed by atoms with Crippen LogP contribution in [0, 0.1) is 0 Å². The second-order valence-electron chi connectivity index (χ2n) is 10.1. The zero-order chi connectivity index (χ0) is 25.5. The summed E-state index contributed by atoms with van der Waals surface area (Å²) in [5, 5.41) is 13.5. The number of unbranched alkanes of at least 4 members (excludes halogenated alkanes) is 1. The van der Waals surface area contributed by atoms with E-state index in [0.29, 0.717) is 6.54 Å². The molecular weight excluding hydrogens is 450 g/mol. The van der Waals surface area contributed by atoms with Crippen molar-refractivity contribution in [2.24, 2.45) is 0 Å². The summed E-state index contributed by atoms with van der Waals surface area (Å²) >= 11 is 0. The van der Waals surface area contributed by atoms with Gasteiger partial charge >= 0.3 is 0 Å². The Bertz CT molecular complexity index is 1100. The van der Waals surface area contributed by atoms with Gasteiger partial charge in [-0.2, -0.15) is 0 Å². The lowest BCUT2D eigenvalue weighted by molar-refractivity contribution is 0.0528. The summed E-state index contributed by atoms with van der Waals surface area (Å²) < 4.78 is 17.9. The van der Waals surface area contributed by atoms with Crippen molar-refractivity contribution < 1.29 is 19.3 Å². The largest absolute Gasteiger partial charge is 0.497 e. The maximum Gasteiger partial charge on any atom is 0.127 e. The molecule has 0 saturated heterocycles. The smallest absolute Gasteiger partial charge is 0.127 e. The van der Waals surface area contributed by atoms with Crippen LogP contribution < -0.4 is 19.5 Å². The number of hydrogen-bond acceptors (Lipinski definition) is 5. The quantitative estimate of drug-likeness (QED) is 0.328. The van der Waals surface area contributed by atoms with E-state index in [1.807, 2.05) is 30.3 Å². The molecule has 192 valence electrons. The Hall–Kier alpha value is -3.02. The van der Waals surface area contributed by atoms with Gasteiger partial charge in [-0.3, -0.25) is 0 Å². The monoisotopic (exact) mass is 489 g/mol. The minimum absolute atomic E-state index is 0.0967. The molecule has 0 saturated carbocycles. The number of rotatable bonds is 11. The van der Waals surface area contributed by atoms with Gasteiger partial charge in [0, 0.05) is 30.0 Å².